The van der Waals surface area contributed by atoms with Gasteiger partial charge in [0.2, 0.25) is 5.91 Å². The number of carbonyl (C=O) groups excluding carboxylic acids is 1. The topological polar surface area (TPSA) is 71.8 Å². The number of benzene rings is 3. The van der Waals surface area contributed by atoms with Crippen LogP contribution in [-0.4, -0.2) is 20.7 Å². The molecule has 2 aromatic heterocycles. The van der Waals surface area contributed by atoms with Crippen molar-refractivity contribution < 1.29 is 13.6 Å². The molecule has 0 spiro atoms. The monoisotopic (exact) mass is 551 g/mol. The van der Waals surface area contributed by atoms with Crippen molar-refractivity contribution >= 4 is 23.2 Å². The molecule has 2 heterocycles. The number of halogens is 2. The Hall–Kier alpha value is -4.85. The van der Waals surface area contributed by atoms with Gasteiger partial charge in [-0.25, -0.2) is 18.4 Å². The van der Waals surface area contributed by atoms with Gasteiger partial charge in [-0.15, -0.1) is 0 Å². The summed E-state index contributed by atoms with van der Waals surface area (Å²) in [4.78, 5) is 17.7. The molecule has 41 heavy (non-hydrogen) atoms. The number of para-hydroxylation sites is 1. The van der Waals surface area contributed by atoms with E-state index in [0.717, 1.165) is 28.1 Å². The first-order valence-electron chi connectivity index (χ1n) is 13.3. The lowest BCUT2D eigenvalue weighted by molar-refractivity contribution is -0.115. The predicted octanol–water partition coefficient (Wildman–Crippen LogP) is 7.74. The van der Waals surface area contributed by atoms with Gasteiger partial charge in [-0.2, -0.15) is 5.10 Å². The predicted molar refractivity (Wildman–Crippen MR) is 159 cm³/mol. The molecule has 3 aromatic carbocycles. The van der Waals surface area contributed by atoms with Crippen LogP contribution in [0.1, 0.15) is 37.6 Å². The highest BCUT2D eigenvalue weighted by molar-refractivity contribution is 5.92. The molecule has 6 nitrogen and oxygen atoms in total. The largest absolute Gasteiger partial charge is 0.335 e. The van der Waals surface area contributed by atoms with Crippen LogP contribution in [0.25, 0.3) is 16.9 Å². The molecule has 0 saturated carbocycles. The summed E-state index contributed by atoms with van der Waals surface area (Å²) >= 11 is 0. The zero-order chi connectivity index (χ0) is 29.1. The van der Waals surface area contributed by atoms with Crippen LogP contribution >= 0.6 is 0 Å². The van der Waals surface area contributed by atoms with Gasteiger partial charge in [0.05, 0.1) is 23.5 Å². The number of aromatic nitrogens is 3. The Morgan fingerprint density at radius 2 is 1.56 bits per heavy atom. The third kappa shape index (κ3) is 6.49. The molecule has 0 aliphatic rings. The molecule has 1 amide bonds. The van der Waals surface area contributed by atoms with Crippen LogP contribution in [0, 0.1) is 18.6 Å². The number of hydrogen-bond donors (Lipinski definition) is 2. The molecule has 0 aliphatic carbocycles. The quantitative estimate of drug-likeness (QED) is 0.217. The Bertz CT molecular complexity index is 1680. The first kappa shape index (κ1) is 27.7. The summed E-state index contributed by atoms with van der Waals surface area (Å²) in [5, 5.41) is 10.5. The first-order valence-corrected chi connectivity index (χ1v) is 13.3. The van der Waals surface area contributed by atoms with Gasteiger partial charge in [-0.05, 0) is 55.0 Å². The van der Waals surface area contributed by atoms with Crippen molar-refractivity contribution in [3.05, 3.63) is 119 Å². The number of nitrogens with one attached hydrogen (secondary N) is 2. The zero-order valence-corrected chi connectivity index (χ0v) is 23.4. The van der Waals surface area contributed by atoms with E-state index in [1.54, 1.807) is 22.9 Å². The van der Waals surface area contributed by atoms with Crippen LogP contribution in [-0.2, 0) is 16.6 Å². The van der Waals surface area contributed by atoms with E-state index in [1.165, 1.54) is 18.2 Å². The van der Waals surface area contributed by atoms with E-state index in [9.17, 15) is 13.6 Å². The summed E-state index contributed by atoms with van der Waals surface area (Å²) in [6.45, 7) is 8.27. The van der Waals surface area contributed by atoms with Gasteiger partial charge in [0.15, 0.2) is 0 Å². The van der Waals surface area contributed by atoms with Crippen molar-refractivity contribution in [1.29, 1.82) is 0 Å². The van der Waals surface area contributed by atoms with Crippen LogP contribution in [0.3, 0.4) is 0 Å². The minimum absolute atomic E-state index is 0.135. The van der Waals surface area contributed by atoms with Crippen molar-refractivity contribution in [3.63, 3.8) is 0 Å². The average molecular weight is 552 g/mol. The maximum atomic E-state index is 14.1. The second-order valence-electron chi connectivity index (χ2n) is 11.0. The van der Waals surface area contributed by atoms with Crippen molar-refractivity contribution in [2.75, 3.05) is 10.6 Å². The van der Waals surface area contributed by atoms with E-state index in [-0.39, 0.29) is 23.4 Å². The molecule has 2 N–H and O–H groups in total. The lowest BCUT2D eigenvalue weighted by Crippen LogP contribution is -2.17. The highest BCUT2D eigenvalue weighted by Gasteiger charge is 2.22. The van der Waals surface area contributed by atoms with Crippen molar-refractivity contribution in [2.45, 2.75) is 39.5 Å². The van der Waals surface area contributed by atoms with Gasteiger partial charge in [-0.3, -0.25) is 4.79 Å². The van der Waals surface area contributed by atoms with E-state index in [2.05, 4.69) is 36.4 Å². The number of amides is 1. The number of hydrogen-bond acceptors (Lipinski definition) is 4. The van der Waals surface area contributed by atoms with Gasteiger partial charge >= 0.3 is 0 Å². The van der Waals surface area contributed by atoms with E-state index in [0.29, 0.717) is 17.3 Å². The van der Waals surface area contributed by atoms with E-state index in [4.69, 9.17) is 5.10 Å². The molecule has 5 aromatic rings. The summed E-state index contributed by atoms with van der Waals surface area (Å²) in [6, 6.07) is 26.2. The summed E-state index contributed by atoms with van der Waals surface area (Å²) < 4.78 is 30.0. The fraction of sp³-hybridized carbons (Fsp3) is 0.182. The van der Waals surface area contributed by atoms with Crippen molar-refractivity contribution in [2.24, 2.45) is 0 Å². The third-order valence-electron chi connectivity index (χ3n) is 6.58. The Balaban J connectivity index is 1.35. The Morgan fingerprint density at radius 3 is 2.27 bits per heavy atom. The molecule has 8 heteroatoms. The minimum atomic E-state index is -0.705. The normalized spacial score (nSPS) is 11.4. The molecule has 0 aliphatic heterocycles. The second kappa shape index (κ2) is 11.3. The van der Waals surface area contributed by atoms with Gasteiger partial charge in [-0.1, -0.05) is 68.8 Å². The Labute approximate surface area is 238 Å². The highest BCUT2D eigenvalue weighted by Crippen LogP contribution is 2.28. The number of rotatable bonds is 7. The summed E-state index contributed by atoms with van der Waals surface area (Å²) in [6.07, 6.45) is 0.135. The van der Waals surface area contributed by atoms with Gasteiger partial charge < -0.3 is 10.6 Å². The van der Waals surface area contributed by atoms with Crippen LogP contribution in [0.2, 0.25) is 0 Å². The SMILES string of the molecule is Cc1ccc(-n2nc(C(C)(C)C)cc2NC(=O)Cc2cccc(-c3cccc(Nc4c(F)cccc4F)n3)c2)cc1. The maximum Gasteiger partial charge on any atom is 0.229 e. The molecule has 5 rings (SSSR count). The summed E-state index contributed by atoms with van der Waals surface area (Å²) in [7, 11) is 0. The smallest absolute Gasteiger partial charge is 0.229 e. The van der Waals surface area contributed by atoms with Crippen LogP contribution in [0.4, 0.5) is 26.1 Å². The molecule has 0 bridgehead atoms. The molecule has 0 unspecified atom stereocenters. The molecule has 0 radical (unpaired) electrons. The second-order valence-corrected chi connectivity index (χ2v) is 11.0. The number of aryl methyl sites for hydroxylation is 1. The van der Waals surface area contributed by atoms with Gasteiger partial charge in [0, 0.05) is 17.0 Å². The summed E-state index contributed by atoms with van der Waals surface area (Å²) in [5.74, 6) is -0.698. The Morgan fingerprint density at radius 1 is 0.878 bits per heavy atom. The number of carbonyl (C=O) groups is 1. The average Bonchev–Trinajstić information content (AvgIpc) is 3.36. The zero-order valence-electron chi connectivity index (χ0n) is 23.4. The molecule has 0 atom stereocenters. The van der Waals surface area contributed by atoms with Crippen molar-refractivity contribution in [3.8, 4) is 16.9 Å². The fourth-order valence-corrected chi connectivity index (χ4v) is 4.34. The fourth-order valence-electron chi connectivity index (χ4n) is 4.34. The lowest BCUT2D eigenvalue weighted by atomic mass is 9.92. The Kier molecular flexibility index (Phi) is 7.66. The van der Waals surface area contributed by atoms with E-state index in [1.807, 2.05) is 61.5 Å². The molecular formula is C33H31F2N5O. The summed E-state index contributed by atoms with van der Waals surface area (Å²) in [5.41, 5.74) is 4.56. The van der Waals surface area contributed by atoms with Crippen LogP contribution in [0.5, 0.6) is 0 Å². The third-order valence-corrected chi connectivity index (χ3v) is 6.58. The number of anilines is 3. The van der Waals surface area contributed by atoms with E-state index < -0.39 is 11.6 Å². The highest BCUT2D eigenvalue weighted by atomic mass is 19.1. The lowest BCUT2D eigenvalue weighted by Gasteiger charge is -2.14. The molecule has 208 valence electrons. The van der Waals surface area contributed by atoms with Crippen LogP contribution in [0.15, 0.2) is 91.0 Å². The molecule has 0 saturated heterocycles. The molecular weight excluding hydrogens is 520 g/mol. The first-order chi connectivity index (χ1) is 19.6. The maximum absolute atomic E-state index is 14.1. The van der Waals surface area contributed by atoms with Gasteiger partial charge in [0.25, 0.3) is 0 Å². The van der Waals surface area contributed by atoms with Gasteiger partial charge in [0.1, 0.15) is 29.0 Å². The van der Waals surface area contributed by atoms with E-state index >= 15 is 0 Å². The number of nitrogens with zero attached hydrogens (tertiary/aromatic N) is 3. The molecule has 0 fully saturated rings. The van der Waals surface area contributed by atoms with Crippen molar-refractivity contribution in [1.82, 2.24) is 14.8 Å². The minimum Gasteiger partial charge on any atom is -0.335 e. The number of pyridine rings is 1. The standard InChI is InChI=1S/C33H31F2N5O/c1-21-14-16-24(17-15-21)40-30(20-28(39-40)33(2,3)4)38-31(41)19-22-8-5-9-23(18-22)27-12-7-13-29(36-27)37-32-25(34)10-6-11-26(32)35/h5-18,20H,19H2,1-4H3,(H,36,37)(H,38,41). The van der Waals surface area contributed by atoms with Crippen LogP contribution < -0.4 is 10.6 Å².